The predicted molar refractivity (Wildman–Crippen MR) is 34.3 cm³/mol. The van der Waals surface area contributed by atoms with Crippen LogP contribution in [0.1, 0.15) is 13.3 Å². The molecular weight excluding hydrogens is 116 g/mol. The Balaban J connectivity index is 3.62. The minimum absolute atomic E-state index is 0.101. The lowest BCUT2D eigenvalue weighted by Gasteiger charge is -1.92. The lowest BCUT2D eigenvalue weighted by molar-refractivity contribution is 0.563. The van der Waals surface area contributed by atoms with Crippen molar-refractivity contribution in [3.63, 3.8) is 0 Å². The number of hydrogen-bond donors (Lipinski definition) is 0. The van der Waals surface area contributed by atoms with Crippen LogP contribution in [-0.4, -0.2) is 11.9 Å². The normalized spacial score (nSPS) is 10.8. The first-order chi connectivity index (χ1) is 4.31. The third-order valence-electron chi connectivity index (χ3n) is 0.926. The number of carbonyl (C=O) groups excluding carboxylic acids is 2. The van der Waals surface area contributed by atoms with Gasteiger partial charge in [0.1, 0.15) is 11.9 Å². The van der Waals surface area contributed by atoms with Gasteiger partial charge >= 0.3 is 0 Å². The van der Waals surface area contributed by atoms with Crippen molar-refractivity contribution in [2.24, 2.45) is 5.92 Å². The fraction of sp³-hybridized carbons (Fsp3) is 0.429. The van der Waals surface area contributed by atoms with Crippen LogP contribution in [0.3, 0.4) is 0 Å². The van der Waals surface area contributed by atoms with E-state index >= 15 is 0 Å². The molecule has 0 rings (SSSR count). The van der Waals surface area contributed by atoms with Crippen LogP contribution in [0.4, 0.5) is 0 Å². The summed E-state index contributed by atoms with van der Waals surface area (Å²) in [6, 6.07) is 0. The second kappa shape index (κ2) is 5.04. The summed E-state index contributed by atoms with van der Waals surface area (Å²) in [7, 11) is 0. The van der Waals surface area contributed by atoms with Gasteiger partial charge in [0, 0.05) is 12.2 Å². The molecule has 0 bridgehead atoms. The molecular formula is C7H8O2. The SMILES string of the molecule is CC(C=C=O)CC=C=O. The fourth-order valence-corrected chi connectivity index (χ4v) is 0.418. The summed E-state index contributed by atoms with van der Waals surface area (Å²) >= 11 is 0. The summed E-state index contributed by atoms with van der Waals surface area (Å²) in [5.74, 6) is 3.38. The van der Waals surface area contributed by atoms with E-state index in [1.807, 2.05) is 6.92 Å². The molecule has 1 atom stereocenters. The fourth-order valence-electron chi connectivity index (χ4n) is 0.418. The van der Waals surface area contributed by atoms with Gasteiger partial charge in [-0.25, -0.2) is 9.59 Å². The van der Waals surface area contributed by atoms with Gasteiger partial charge in [0.05, 0.1) is 0 Å². The van der Waals surface area contributed by atoms with Gasteiger partial charge in [0.15, 0.2) is 0 Å². The predicted octanol–water partition coefficient (Wildman–Crippen LogP) is 0.788. The molecule has 9 heavy (non-hydrogen) atoms. The Labute approximate surface area is 53.9 Å². The third kappa shape index (κ3) is 4.76. The monoisotopic (exact) mass is 124 g/mol. The van der Waals surface area contributed by atoms with E-state index in [0.29, 0.717) is 6.42 Å². The first-order valence-electron chi connectivity index (χ1n) is 2.71. The van der Waals surface area contributed by atoms with Crippen molar-refractivity contribution >= 4 is 11.9 Å². The van der Waals surface area contributed by atoms with Gasteiger partial charge in [-0.1, -0.05) is 6.92 Å². The molecule has 0 aliphatic rings. The minimum atomic E-state index is 0.101. The van der Waals surface area contributed by atoms with Crippen molar-refractivity contribution in [1.82, 2.24) is 0 Å². The lowest BCUT2D eigenvalue weighted by Crippen LogP contribution is -1.85. The zero-order valence-corrected chi connectivity index (χ0v) is 5.26. The zero-order valence-electron chi connectivity index (χ0n) is 5.26. The zero-order chi connectivity index (χ0) is 7.11. The molecule has 2 nitrogen and oxygen atoms in total. The van der Waals surface area contributed by atoms with Crippen LogP contribution in [0.25, 0.3) is 0 Å². The molecule has 1 unspecified atom stereocenters. The second-order valence-electron chi connectivity index (χ2n) is 1.82. The first kappa shape index (κ1) is 7.90. The number of allylic oxidation sites excluding steroid dienone is 2. The van der Waals surface area contributed by atoms with Crippen LogP contribution in [0.2, 0.25) is 0 Å². The molecule has 0 saturated carbocycles. The molecule has 0 radical (unpaired) electrons. The van der Waals surface area contributed by atoms with E-state index in [-0.39, 0.29) is 5.92 Å². The van der Waals surface area contributed by atoms with Crippen molar-refractivity contribution in [1.29, 1.82) is 0 Å². The molecule has 0 heterocycles. The molecule has 0 aliphatic heterocycles. The molecule has 0 saturated heterocycles. The van der Waals surface area contributed by atoms with E-state index in [1.54, 1.807) is 11.9 Å². The van der Waals surface area contributed by atoms with Crippen molar-refractivity contribution in [2.75, 3.05) is 0 Å². The van der Waals surface area contributed by atoms with E-state index in [1.165, 1.54) is 12.2 Å². The molecule has 0 aromatic carbocycles. The Kier molecular flexibility index (Phi) is 4.43. The second-order valence-corrected chi connectivity index (χ2v) is 1.82. The van der Waals surface area contributed by atoms with Crippen molar-refractivity contribution in [3.8, 4) is 0 Å². The lowest BCUT2D eigenvalue weighted by atomic mass is 10.1. The summed E-state index contributed by atoms with van der Waals surface area (Å²) in [6.07, 6.45) is 3.31. The summed E-state index contributed by atoms with van der Waals surface area (Å²) < 4.78 is 0. The van der Waals surface area contributed by atoms with Gasteiger partial charge in [0.25, 0.3) is 0 Å². The maximum atomic E-state index is 9.69. The van der Waals surface area contributed by atoms with E-state index in [2.05, 4.69) is 0 Å². The Morgan fingerprint density at radius 3 is 2.56 bits per heavy atom. The van der Waals surface area contributed by atoms with E-state index in [4.69, 9.17) is 0 Å². The largest absolute Gasteiger partial charge is 0.234 e. The maximum absolute atomic E-state index is 9.69. The smallest absolute Gasteiger partial charge is 0.120 e. The highest BCUT2D eigenvalue weighted by Gasteiger charge is 1.91. The van der Waals surface area contributed by atoms with Gasteiger partial charge in [-0.15, -0.1) is 0 Å². The Bertz CT molecular complexity index is 160. The van der Waals surface area contributed by atoms with E-state index in [0.717, 1.165) is 0 Å². The van der Waals surface area contributed by atoms with Crippen LogP contribution >= 0.6 is 0 Å². The third-order valence-corrected chi connectivity index (χ3v) is 0.926. The quantitative estimate of drug-likeness (QED) is 0.521. The first-order valence-corrected chi connectivity index (χ1v) is 2.71. The highest BCUT2D eigenvalue weighted by Crippen LogP contribution is 1.99. The molecule has 0 aromatic rings. The molecule has 0 aromatic heterocycles. The molecule has 2 heteroatoms. The summed E-state index contributed by atoms with van der Waals surface area (Å²) in [6.45, 7) is 1.83. The summed E-state index contributed by atoms with van der Waals surface area (Å²) in [4.78, 5) is 19.3. The molecule has 0 spiro atoms. The molecule has 0 fully saturated rings. The van der Waals surface area contributed by atoms with Crippen molar-refractivity contribution in [3.05, 3.63) is 12.2 Å². The van der Waals surface area contributed by atoms with Gasteiger partial charge in [-0.3, -0.25) is 0 Å². The Morgan fingerprint density at radius 2 is 2.11 bits per heavy atom. The van der Waals surface area contributed by atoms with Crippen molar-refractivity contribution < 1.29 is 9.59 Å². The van der Waals surface area contributed by atoms with Gasteiger partial charge in [-0.05, 0) is 12.3 Å². The van der Waals surface area contributed by atoms with Crippen LogP contribution in [-0.2, 0) is 9.59 Å². The Hall–Kier alpha value is -1.10. The van der Waals surface area contributed by atoms with Gasteiger partial charge in [-0.2, -0.15) is 0 Å². The van der Waals surface area contributed by atoms with E-state index < -0.39 is 0 Å². The molecule has 0 amide bonds. The average molecular weight is 124 g/mol. The number of rotatable bonds is 3. The standard InChI is InChI=1S/C7H8O2/c1-7(4-6-9)3-2-5-8/h2,4,7H,3H2,1H3. The molecule has 48 valence electrons. The summed E-state index contributed by atoms with van der Waals surface area (Å²) in [5, 5.41) is 0. The van der Waals surface area contributed by atoms with Gasteiger partial charge in [0.2, 0.25) is 0 Å². The highest BCUT2D eigenvalue weighted by atomic mass is 16.1. The molecule has 0 N–H and O–H groups in total. The Morgan fingerprint density at radius 1 is 1.44 bits per heavy atom. The average Bonchev–Trinajstić information content (AvgIpc) is 1.85. The number of hydrogen-bond acceptors (Lipinski definition) is 2. The van der Waals surface area contributed by atoms with Gasteiger partial charge < -0.3 is 0 Å². The topological polar surface area (TPSA) is 34.1 Å². The van der Waals surface area contributed by atoms with Crippen molar-refractivity contribution in [2.45, 2.75) is 13.3 Å². The van der Waals surface area contributed by atoms with Crippen LogP contribution < -0.4 is 0 Å². The minimum Gasteiger partial charge on any atom is -0.234 e. The summed E-state index contributed by atoms with van der Waals surface area (Å²) in [5.41, 5.74) is 0. The maximum Gasteiger partial charge on any atom is 0.120 e. The van der Waals surface area contributed by atoms with Crippen LogP contribution in [0, 0.1) is 5.92 Å². The van der Waals surface area contributed by atoms with E-state index in [9.17, 15) is 9.59 Å². The molecule has 0 aliphatic carbocycles. The van der Waals surface area contributed by atoms with Crippen LogP contribution in [0.5, 0.6) is 0 Å². The van der Waals surface area contributed by atoms with Crippen LogP contribution in [0.15, 0.2) is 12.2 Å². The highest BCUT2D eigenvalue weighted by molar-refractivity contribution is 5.47.